The van der Waals surface area contributed by atoms with Crippen LogP contribution in [0.15, 0.2) is 33.7 Å². The third-order valence-corrected chi connectivity index (χ3v) is 3.19. The van der Waals surface area contributed by atoms with Crippen molar-refractivity contribution >= 4 is 15.9 Å². The molecule has 0 amide bonds. The first kappa shape index (κ1) is 13.0. The molecule has 0 bridgehead atoms. The number of halogens is 1. The Labute approximate surface area is 114 Å². The summed E-state index contributed by atoms with van der Waals surface area (Å²) in [6, 6.07) is 5.90. The lowest BCUT2D eigenvalue weighted by molar-refractivity contribution is 0.798. The molecule has 0 aliphatic carbocycles. The maximum absolute atomic E-state index is 11.9. The molecule has 0 atom stereocenters. The molecule has 2 aromatic rings. The highest BCUT2D eigenvalue weighted by Gasteiger charge is 2.07. The third kappa shape index (κ3) is 2.68. The van der Waals surface area contributed by atoms with Gasteiger partial charge in [-0.25, -0.2) is 4.98 Å². The number of rotatable bonds is 3. The first-order valence-corrected chi connectivity index (χ1v) is 6.40. The number of benzene rings is 1. The molecule has 0 spiro atoms. The zero-order chi connectivity index (χ0) is 13.1. The zero-order valence-electron chi connectivity index (χ0n) is 10.2. The fraction of sp³-hybridized carbons (Fsp3) is 0.231. The molecule has 0 radical (unpaired) electrons. The van der Waals surface area contributed by atoms with Gasteiger partial charge in [-0.3, -0.25) is 4.79 Å². The molecule has 1 aromatic heterocycles. The number of hydrogen-bond acceptors (Lipinski definition) is 3. The summed E-state index contributed by atoms with van der Waals surface area (Å²) in [6.07, 6.45) is 1.62. The molecule has 4 nitrogen and oxygen atoms in total. The maximum atomic E-state index is 11.9. The minimum Gasteiger partial charge on any atom is -0.315 e. The van der Waals surface area contributed by atoms with Gasteiger partial charge in [0.05, 0.1) is 0 Å². The standard InChI is InChI=1S/C13H14BrN3O/c1-8-3-4-10(14)5-11(8)12-16-7-9(6-15-2)13(18)17-12/h3-5,7,15H,6H2,1-2H3,(H,16,17,18). The van der Waals surface area contributed by atoms with E-state index in [4.69, 9.17) is 0 Å². The lowest BCUT2D eigenvalue weighted by Crippen LogP contribution is -2.19. The molecule has 0 fully saturated rings. The van der Waals surface area contributed by atoms with Crippen LogP contribution in [0.1, 0.15) is 11.1 Å². The predicted molar refractivity (Wildman–Crippen MR) is 75.5 cm³/mol. The largest absolute Gasteiger partial charge is 0.315 e. The van der Waals surface area contributed by atoms with E-state index < -0.39 is 0 Å². The third-order valence-electron chi connectivity index (χ3n) is 2.70. The summed E-state index contributed by atoms with van der Waals surface area (Å²) in [4.78, 5) is 19.0. The second-order valence-electron chi connectivity index (χ2n) is 4.08. The number of nitrogens with zero attached hydrogens (tertiary/aromatic N) is 1. The summed E-state index contributed by atoms with van der Waals surface area (Å²) >= 11 is 3.42. The summed E-state index contributed by atoms with van der Waals surface area (Å²) in [6.45, 7) is 2.50. The van der Waals surface area contributed by atoms with Crippen LogP contribution in [0.3, 0.4) is 0 Å². The molecule has 0 aliphatic heterocycles. The molecule has 5 heteroatoms. The van der Waals surface area contributed by atoms with Gasteiger partial charge < -0.3 is 10.3 Å². The number of nitrogens with one attached hydrogen (secondary N) is 2. The van der Waals surface area contributed by atoms with Crippen LogP contribution in [0, 0.1) is 6.92 Å². The number of aromatic amines is 1. The van der Waals surface area contributed by atoms with E-state index in [9.17, 15) is 4.79 Å². The van der Waals surface area contributed by atoms with E-state index in [1.807, 2.05) is 25.1 Å². The zero-order valence-corrected chi connectivity index (χ0v) is 11.8. The molecule has 1 heterocycles. The predicted octanol–water partition coefficient (Wildman–Crippen LogP) is 2.23. The Kier molecular flexibility index (Phi) is 3.93. The van der Waals surface area contributed by atoms with Crippen LogP contribution < -0.4 is 10.9 Å². The fourth-order valence-electron chi connectivity index (χ4n) is 1.72. The van der Waals surface area contributed by atoms with Gasteiger partial charge >= 0.3 is 0 Å². The summed E-state index contributed by atoms with van der Waals surface area (Å²) < 4.78 is 0.963. The highest BCUT2D eigenvalue weighted by molar-refractivity contribution is 9.10. The van der Waals surface area contributed by atoms with E-state index in [1.54, 1.807) is 13.2 Å². The summed E-state index contributed by atoms with van der Waals surface area (Å²) in [7, 11) is 1.80. The quantitative estimate of drug-likeness (QED) is 0.914. The Morgan fingerprint density at radius 1 is 1.44 bits per heavy atom. The van der Waals surface area contributed by atoms with Gasteiger partial charge in [0.15, 0.2) is 0 Å². The Morgan fingerprint density at radius 3 is 2.89 bits per heavy atom. The summed E-state index contributed by atoms with van der Waals surface area (Å²) in [5.74, 6) is 0.596. The van der Waals surface area contributed by atoms with Crippen molar-refractivity contribution in [2.24, 2.45) is 0 Å². The Balaban J connectivity index is 2.49. The number of hydrogen-bond donors (Lipinski definition) is 2. The van der Waals surface area contributed by atoms with Crippen LogP contribution in [0.4, 0.5) is 0 Å². The summed E-state index contributed by atoms with van der Waals surface area (Å²) in [5.41, 5.74) is 2.53. The van der Waals surface area contributed by atoms with Crippen LogP contribution in [0.2, 0.25) is 0 Å². The lowest BCUT2D eigenvalue weighted by Gasteiger charge is -2.06. The first-order valence-electron chi connectivity index (χ1n) is 5.61. The van der Waals surface area contributed by atoms with E-state index in [0.717, 1.165) is 15.6 Å². The summed E-state index contributed by atoms with van der Waals surface area (Å²) in [5, 5.41) is 2.94. The van der Waals surface area contributed by atoms with Gasteiger partial charge in [0, 0.05) is 28.3 Å². The van der Waals surface area contributed by atoms with Gasteiger partial charge in [-0.1, -0.05) is 22.0 Å². The SMILES string of the molecule is CNCc1cnc(-c2cc(Br)ccc2C)[nH]c1=O. The molecule has 1 aromatic carbocycles. The molecule has 2 N–H and O–H groups in total. The topological polar surface area (TPSA) is 57.8 Å². The average molecular weight is 308 g/mol. The second-order valence-corrected chi connectivity index (χ2v) is 4.99. The van der Waals surface area contributed by atoms with E-state index in [2.05, 4.69) is 31.2 Å². The van der Waals surface area contributed by atoms with Gasteiger partial charge in [0.25, 0.3) is 5.56 Å². The van der Waals surface area contributed by atoms with Crippen molar-refractivity contribution in [3.63, 3.8) is 0 Å². The highest BCUT2D eigenvalue weighted by Crippen LogP contribution is 2.23. The Hall–Kier alpha value is -1.46. The van der Waals surface area contributed by atoms with Gasteiger partial charge in [-0.2, -0.15) is 0 Å². The van der Waals surface area contributed by atoms with Crippen LogP contribution in [-0.2, 0) is 6.54 Å². The lowest BCUT2D eigenvalue weighted by atomic mass is 10.1. The molecular weight excluding hydrogens is 294 g/mol. The molecule has 2 rings (SSSR count). The van der Waals surface area contributed by atoms with Crippen LogP contribution in [-0.4, -0.2) is 17.0 Å². The van der Waals surface area contributed by atoms with Crippen molar-refractivity contribution in [1.29, 1.82) is 0 Å². The minimum atomic E-state index is -0.103. The van der Waals surface area contributed by atoms with Gasteiger partial charge in [-0.05, 0) is 31.7 Å². The highest BCUT2D eigenvalue weighted by atomic mass is 79.9. The van der Waals surface area contributed by atoms with E-state index in [0.29, 0.717) is 17.9 Å². The molecular formula is C13H14BrN3O. The van der Waals surface area contributed by atoms with E-state index in [-0.39, 0.29) is 5.56 Å². The first-order chi connectivity index (χ1) is 8.61. The van der Waals surface area contributed by atoms with Crippen molar-refractivity contribution in [1.82, 2.24) is 15.3 Å². The number of aromatic nitrogens is 2. The Morgan fingerprint density at radius 2 is 2.22 bits per heavy atom. The number of aryl methyl sites for hydroxylation is 1. The maximum Gasteiger partial charge on any atom is 0.255 e. The molecule has 0 unspecified atom stereocenters. The van der Waals surface area contributed by atoms with Gasteiger partial charge in [-0.15, -0.1) is 0 Å². The molecule has 18 heavy (non-hydrogen) atoms. The molecule has 0 saturated carbocycles. The van der Waals surface area contributed by atoms with E-state index >= 15 is 0 Å². The van der Waals surface area contributed by atoms with Crippen LogP contribution in [0.5, 0.6) is 0 Å². The normalized spacial score (nSPS) is 10.6. The van der Waals surface area contributed by atoms with Crippen molar-refractivity contribution in [2.45, 2.75) is 13.5 Å². The van der Waals surface area contributed by atoms with Gasteiger partial charge in [0.1, 0.15) is 5.82 Å². The average Bonchev–Trinajstić information content (AvgIpc) is 2.35. The molecule has 94 valence electrons. The van der Waals surface area contributed by atoms with Crippen molar-refractivity contribution in [3.8, 4) is 11.4 Å². The van der Waals surface area contributed by atoms with Crippen LogP contribution in [0.25, 0.3) is 11.4 Å². The number of H-pyrrole nitrogens is 1. The van der Waals surface area contributed by atoms with Crippen molar-refractivity contribution < 1.29 is 0 Å². The van der Waals surface area contributed by atoms with Crippen LogP contribution >= 0.6 is 15.9 Å². The second kappa shape index (κ2) is 5.46. The monoisotopic (exact) mass is 307 g/mol. The molecule has 0 aliphatic rings. The van der Waals surface area contributed by atoms with E-state index in [1.165, 1.54) is 0 Å². The molecule has 0 saturated heterocycles. The van der Waals surface area contributed by atoms with Crippen molar-refractivity contribution in [2.75, 3.05) is 7.05 Å². The fourth-order valence-corrected chi connectivity index (χ4v) is 2.08. The Bertz CT molecular complexity index is 622. The van der Waals surface area contributed by atoms with Gasteiger partial charge in [0.2, 0.25) is 0 Å². The van der Waals surface area contributed by atoms with Crippen molar-refractivity contribution in [3.05, 3.63) is 50.3 Å². The smallest absolute Gasteiger partial charge is 0.255 e. The minimum absolute atomic E-state index is 0.103.